The summed E-state index contributed by atoms with van der Waals surface area (Å²) >= 11 is 0. The largest absolute Gasteiger partial charge is 0.389 e. The number of hydrogen-bond donors (Lipinski definition) is 2. The quantitative estimate of drug-likeness (QED) is 0.842. The third-order valence-electron chi connectivity index (χ3n) is 4.92. The number of nitrogens with one attached hydrogen (secondary N) is 1. The van der Waals surface area contributed by atoms with E-state index in [1.807, 2.05) is 0 Å². The average Bonchev–Trinajstić information content (AvgIpc) is 3.03. The highest BCUT2D eigenvalue weighted by atomic mass is 19.1. The highest BCUT2D eigenvalue weighted by Gasteiger charge is 2.51. The predicted octanol–water partition coefficient (Wildman–Crippen LogP) is 2.80. The minimum atomic E-state index is -1.23. The number of carbonyl (C=O) groups is 1. The van der Waals surface area contributed by atoms with Crippen LogP contribution in [-0.2, 0) is 0 Å². The Morgan fingerprint density at radius 3 is 2.79 bits per heavy atom. The summed E-state index contributed by atoms with van der Waals surface area (Å²) in [6.45, 7) is 4.43. The number of nitrogens with zero attached hydrogens (tertiary/aromatic N) is 1. The smallest absolute Gasteiger partial charge is 0.180 e. The SMILES string of the molecule is CC(C)(O)[C@@]1(C(=O)c2cnoc2-c2ccccc2F)CCCNC1. The van der Waals surface area contributed by atoms with Gasteiger partial charge in [-0.3, -0.25) is 4.79 Å². The molecular weight excluding hydrogens is 311 g/mol. The van der Waals surface area contributed by atoms with E-state index in [4.69, 9.17) is 4.52 Å². The van der Waals surface area contributed by atoms with Gasteiger partial charge in [-0.1, -0.05) is 17.3 Å². The topological polar surface area (TPSA) is 75.4 Å². The average molecular weight is 332 g/mol. The van der Waals surface area contributed by atoms with Crippen LogP contribution >= 0.6 is 0 Å². The van der Waals surface area contributed by atoms with E-state index in [-0.39, 0.29) is 22.7 Å². The molecule has 0 amide bonds. The number of hydrogen-bond acceptors (Lipinski definition) is 5. The van der Waals surface area contributed by atoms with Crippen molar-refractivity contribution >= 4 is 5.78 Å². The second kappa shape index (κ2) is 6.11. The first-order valence-corrected chi connectivity index (χ1v) is 8.04. The number of carbonyl (C=O) groups excluding carboxylic acids is 1. The number of benzene rings is 1. The molecule has 5 nitrogen and oxygen atoms in total. The van der Waals surface area contributed by atoms with Gasteiger partial charge in [0.05, 0.1) is 28.3 Å². The van der Waals surface area contributed by atoms with Crippen LogP contribution < -0.4 is 5.32 Å². The Balaban J connectivity index is 2.08. The fourth-order valence-electron chi connectivity index (χ4n) is 3.40. The first-order chi connectivity index (χ1) is 11.4. The van der Waals surface area contributed by atoms with Gasteiger partial charge in [0.1, 0.15) is 5.82 Å². The summed E-state index contributed by atoms with van der Waals surface area (Å²) in [5.41, 5.74) is -1.85. The van der Waals surface area contributed by atoms with E-state index in [2.05, 4.69) is 10.5 Å². The maximum Gasteiger partial charge on any atom is 0.180 e. The summed E-state index contributed by atoms with van der Waals surface area (Å²) in [5.74, 6) is -0.656. The molecule has 3 rings (SSSR count). The van der Waals surface area contributed by atoms with Gasteiger partial charge >= 0.3 is 0 Å². The lowest BCUT2D eigenvalue weighted by molar-refractivity contribution is -0.0482. The van der Waals surface area contributed by atoms with E-state index in [0.29, 0.717) is 13.0 Å². The summed E-state index contributed by atoms with van der Waals surface area (Å²) in [6, 6.07) is 6.09. The van der Waals surface area contributed by atoms with Gasteiger partial charge in [-0.25, -0.2) is 4.39 Å². The van der Waals surface area contributed by atoms with Crippen molar-refractivity contribution in [2.45, 2.75) is 32.3 Å². The lowest BCUT2D eigenvalue weighted by Gasteiger charge is -2.44. The molecule has 1 fully saturated rings. The molecule has 0 bridgehead atoms. The summed E-state index contributed by atoms with van der Waals surface area (Å²) in [5, 5.41) is 17.6. The van der Waals surface area contributed by atoms with Gasteiger partial charge in [-0.05, 0) is 45.4 Å². The molecule has 2 aromatic rings. The number of rotatable bonds is 4. The fourth-order valence-corrected chi connectivity index (χ4v) is 3.40. The first kappa shape index (κ1) is 16.8. The van der Waals surface area contributed by atoms with E-state index in [9.17, 15) is 14.3 Å². The van der Waals surface area contributed by atoms with Gasteiger partial charge in [0.15, 0.2) is 11.5 Å². The second-order valence-electron chi connectivity index (χ2n) is 6.80. The molecule has 0 radical (unpaired) electrons. The zero-order valence-corrected chi connectivity index (χ0v) is 13.8. The first-order valence-electron chi connectivity index (χ1n) is 8.04. The molecule has 2 heterocycles. The highest BCUT2D eigenvalue weighted by molar-refractivity contribution is 6.05. The standard InChI is InChI=1S/C18H21FN2O3/c1-17(2,23)18(8-5-9-20-11-18)16(22)13-10-21-24-15(13)12-6-3-4-7-14(12)19/h3-4,6-7,10,20,23H,5,8-9,11H2,1-2H3/t18-/m0/s1. The van der Waals surface area contributed by atoms with E-state index in [1.165, 1.54) is 12.3 Å². The molecule has 0 saturated carbocycles. The van der Waals surface area contributed by atoms with Crippen LogP contribution in [0.15, 0.2) is 35.0 Å². The normalized spacial score (nSPS) is 21.7. The van der Waals surface area contributed by atoms with Crippen molar-refractivity contribution in [3.8, 4) is 11.3 Å². The Bertz CT molecular complexity index is 743. The van der Waals surface area contributed by atoms with Crippen LogP contribution in [0.1, 0.15) is 37.0 Å². The Morgan fingerprint density at radius 1 is 1.42 bits per heavy atom. The Hall–Kier alpha value is -2.05. The van der Waals surface area contributed by atoms with E-state index >= 15 is 0 Å². The van der Waals surface area contributed by atoms with Gasteiger partial charge in [0, 0.05) is 6.54 Å². The van der Waals surface area contributed by atoms with Crippen molar-refractivity contribution < 1.29 is 18.8 Å². The molecule has 1 atom stereocenters. The minimum absolute atomic E-state index is 0.104. The minimum Gasteiger partial charge on any atom is -0.389 e. The number of aliphatic hydroxyl groups is 1. The molecule has 0 aliphatic carbocycles. The molecule has 0 unspecified atom stereocenters. The molecule has 1 aromatic carbocycles. The maximum atomic E-state index is 14.1. The lowest BCUT2D eigenvalue weighted by atomic mass is 9.64. The molecule has 1 aliphatic rings. The predicted molar refractivity (Wildman–Crippen MR) is 87.1 cm³/mol. The molecule has 6 heteroatoms. The molecule has 2 N–H and O–H groups in total. The Morgan fingerprint density at radius 2 is 2.17 bits per heavy atom. The van der Waals surface area contributed by atoms with Gasteiger partial charge in [0.25, 0.3) is 0 Å². The third-order valence-corrected chi connectivity index (χ3v) is 4.92. The van der Waals surface area contributed by atoms with Gasteiger partial charge in [0.2, 0.25) is 0 Å². The second-order valence-corrected chi connectivity index (χ2v) is 6.80. The van der Waals surface area contributed by atoms with E-state index < -0.39 is 16.8 Å². The van der Waals surface area contributed by atoms with Crippen LogP contribution in [0.2, 0.25) is 0 Å². The van der Waals surface area contributed by atoms with Crippen LogP contribution in [0.5, 0.6) is 0 Å². The Labute approximate surface area is 139 Å². The van der Waals surface area contributed by atoms with E-state index in [0.717, 1.165) is 13.0 Å². The van der Waals surface area contributed by atoms with Crippen molar-refractivity contribution in [3.63, 3.8) is 0 Å². The van der Waals surface area contributed by atoms with Crippen LogP contribution in [-0.4, -0.2) is 34.7 Å². The number of aromatic nitrogens is 1. The van der Waals surface area contributed by atoms with Crippen molar-refractivity contribution in [2.75, 3.05) is 13.1 Å². The van der Waals surface area contributed by atoms with Gasteiger partial charge < -0.3 is 14.9 Å². The molecule has 24 heavy (non-hydrogen) atoms. The highest BCUT2D eigenvalue weighted by Crippen LogP contribution is 2.42. The van der Waals surface area contributed by atoms with Gasteiger partial charge in [-0.2, -0.15) is 0 Å². The number of Topliss-reactive ketones (excluding diaryl/α,β-unsaturated/α-hetero) is 1. The third kappa shape index (κ3) is 2.65. The molecule has 1 saturated heterocycles. The van der Waals surface area contributed by atoms with Crippen molar-refractivity contribution in [2.24, 2.45) is 5.41 Å². The number of piperidine rings is 1. The van der Waals surface area contributed by atoms with Crippen LogP contribution in [0.25, 0.3) is 11.3 Å². The fraction of sp³-hybridized carbons (Fsp3) is 0.444. The lowest BCUT2D eigenvalue weighted by Crippen LogP contribution is -2.57. The summed E-state index contributed by atoms with van der Waals surface area (Å²) in [4.78, 5) is 13.3. The van der Waals surface area contributed by atoms with Crippen LogP contribution in [0.3, 0.4) is 0 Å². The zero-order chi connectivity index (χ0) is 17.4. The number of ketones is 1. The zero-order valence-electron chi connectivity index (χ0n) is 13.8. The van der Waals surface area contributed by atoms with Crippen LogP contribution in [0, 0.1) is 11.2 Å². The molecular formula is C18H21FN2O3. The summed E-state index contributed by atoms with van der Waals surface area (Å²) < 4.78 is 19.3. The molecule has 1 aliphatic heterocycles. The molecule has 0 spiro atoms. The van der Waals surface area contributed by atoms with Crippen LogP contribution in [0.4, 0.5) is 4.39 Å². The summed E-state index contributed by atoms with van der Waals surface area (Å²) in [7, 11) is 0. The monoisotopic (exact) mass is 332 g/mol. The molecule has 128 valence electrons. The number of halogens is 1. The van der Waals surface area contributed by atoms with E-state index in [1.54, 1.807) is 32.0 Å². The maximum absolute atomic E-state index is 14.1. The Kier molecular flexibility index (Phi) is 4.27. The summed E-state index contributed by atoms with van der Waals surface area (Å²) in [6.07, 6.45) is 2.63. The van der Waals surface area contributed by atoms with Crippen molar-refractivity contribution in [1.29, 1.82) is 0 Å². The van der Waals surface area contributed by atoms with Crippen molar-refractivity contribution in [3.05, 3.63) is 41.8 Å². The van der Waals surface area contributed by atoms with Gasteiger partial charge in [-0.15, -0.1) is 0 Å². The van der Waals surface area contributed by atoms with Crippen molar-refractivity contribution in [1.82, 2.24) is 10.5 Å². The molecule has 1 aromatic heterocycles.